The molecule has 0 fully saturated rings. The maximum Gasteiger partial charge on any atom is 0.345 e. The van der Waals surface area contributed by atoms with E-state index in [1.165, 1.54) is 23.9 Å². The van der Waals surface area contributed by atoms with Gasteiger partial charge < -0.3 is 4.74 Å². The zero-order valence-corrected chi connectivity index (χ0v) is 16.6. The topological polar surface area (TPSA) is 43.4 Å². The lowest BCUT2D eigenvalue weighted by Gasteiger charge is -2.06. The van der Waals surface area contributed by atoms with Gasteiger partial charge >= 0.3 is 5.97 Å². The van der Waals surface area contributed by atoms with Crippen molar-refractivity contribution < 1.29 is 14.3 Å². The maximum atomic E-state index is 12.4. The van der Waals surface area contributed by atoms with E-state index in [1.54, 1.807) is 30.3 Å². The quantitative estimate of drug-likeness (QED) is 0.270. The van der Waals surface area contributed by atoms with Crippen molar-refractivity contribution in [3.05, 3.63) is 98.4 Å². The van der Waals surface area contributed by atoms with Crippen molar-refractivity contribution in [1.29, 1.82) is 0 Å². The van der Waals surface area contributed by atoms with Gasteiger partial charge in [-0.3, -0.25) is 4.79 Å². The average molecular weight is 427 g/mol. The summed E-state index contributed by atoms with van der Waals surface area (Å²) in [6.45, 7) is 0. The molecule has 4 rings (SSSR count). The molecule has 0 radical (unpaired) electrons. The lowest BCUT2D eigenvalue weighted by Crippen LogP contribution is -2.09. The SMILES string of the molecule is O=C(Oc1ccc(/C=C2\Sc3ccccc3C2=O)cc1)c1ccc(Cl)cc1Cl. The Morgan fingerprint density at radius 3 is 2.43 bits per heavy atom. The molecule has 6 heteroatoms. The van der Waals surface area contributed by atoms with Crippen molar-refractivity contribution >= 4 is 52.8 Å². The minimum Gasteiger partial charge on any atom is -0.423 e. The molecule has 0 saturated carbocycles. The number of hydrogen-bond acceptors (Lipinski definition) is 4. The number of esters is 1. The van der Waals surface area contributed by atoms with Crippen LogP contribution < -0.4 is 4.74 Å². The molecule has 1 heterocycles. The van der Waals surface area contributed by atoms with E-state index in [1.807, 2.05) is 30.3 Å². The predicted octanol–water partition coefficient (Wildman–Crippen LogP) is 6.54. The highest BCUT2D eigenvalue weighted by Gasteiger charge is 2.25. The number of ketones is 1. The number of benzene rings is 3. The third-order valence-corrected chi connectivity index (χ3v) is 5.76. The first-order chi connectivity index (χ1) is 13.5. The molecule has 138 valence electrons. The van der Waals surface area contributed by atoms with Gasteiger partial charge in [-0.2, -0.15) is 0 Å². The molecule has 3 nitrogen and oxygen atoms in total. The van der Waals surface area contributed by atoms with Crippen LogP contribution in [0.2, 0.25) is 10.0 Å². The molecule has 0 N–H and O–H groups in total. The summed E-state index contributed by atoms with van der Waals surface area (Å²) >= 11 is 13.3. The fourth-order valence-electron chi connectivity index (χ4n) is 2.74. The second-order valence-corrected chi connectivity index (χ2v) is 7.95. The lowest BCUT2D eigenvalue weighted by molar-refractivity contribution is 0.0734. The second kappa shape index (κ2) is 7.84. The van der Waals surface area contributed by atoms with Crippen LogP contribution in [-0.4, -0.2) is 11.8 Å². The van der Waals surface area contributed by atoms with Crippen molar-refractivity contribution in [1.82, 2.24) is 0 Å². The number of Topliss-reactive ketones (excluding diaryl/α,β-unsaturated/α-hetero) is 1. The van der Waals surface area contributed by atoms with Crippen molar-refractivity contribution in [3.63, 3.8) is 0 Å². The van der Waals surface area contributed by atoms with Crippen molar-refractivity contribution in [2.75, 3.05) is 0 Å². The first-order valence-electron chi connectivity index (χ1n) is 8.32. The van der Waals surface area contributed by atoms with Crippen LogP contribution in [0.5, 0.6) is 5.75 Å². The molecule has 0 saturated heterocycles. The van der Waals surface area contributed by atoms with Gasteiger partial charge in [-0.1, -0.05) is 59.2 Å². The largest absolute Gasteiger partial charge is 0.423 e. The number of hydrogen-bond donors (Lipinski definition) is 0. The van der Waals surface area contributed by atoms with Crippen LogP contribution in [0.15, 0.2) is 76.5 Å². The smallest absolute Gasteiger partial charge is 0.345 e. The number of halogens is 2. The Bertz CT molecular complexity index is 1120. The summed E-state index contributed by atoms with van der Waals surface area (Å²) in [5.41, 5.74) is 1.81. The summed E-state index contributed by atoms with van der Waals surface area (Å²) in [6, 6.07) is 19.0. The highest BCUT2D eigenvalue weighted by atomic mass is 35.5. The van der Waals surface area contributed by atoms with Gasteiger partial charge in [0.1, 0.15) is 5.75 Å². The Morgan fingerprint density at radius 1 is 0.964 bits per heavy atom. The summed E-state index contributed by atoms with van der Waals surface area (Å²) in [5, 5.41) is 0.676. The molecular formula is C22H12Cl2O3S. The molecule has 0 spiro atoms. The van der Waals surface area contributed by atoms with E-state index in [4.69, 9.17) is 27.9 Å². The number of carbonyl (C=O) groups excluding carboxylic acids is 2. The van der Waals surface area contributed by atoms with Crippen molar-refractivity contribution in [3.8, 4) is 5.75 Å². The van der Waals surface area contributed by atoms with Gasteiger partial charge in [-0.15, -0.1) is 0 Å². The molecule has 3 aromatic carbocycles. The number of fused-ring (bicyclic) bond motifs is 1. The summed E-state index contributed by atoms with van der Waals surface area (Å²) in [4.78, 5) is 26.3. The van der Waals surface area contributed by atoms with E-state index in [0.29, 0.717) is 15.7 Å². The average Bonchev–Trinajstić information content (AvgIpc) is 2.99. The Labute approximate surface area is 175 Å². The van der Waals surface area contributed by atoms with E-state index < -0.39 is 5.97 Å². The van der Waals surface area contributed by atoms with E-state index in [0.717, 1.165) is 16.0 Å². The lowest BCUT2D eigenvalue weighted by atomic mass is 10.1. The highest BCUT2D eigenvalue weighted by Crippen LogP contribution is 2.40. The van der Waals surface area contributed by atoms with Crippen molar-refractivity contribution in [2.24, 2.45) is 0 Å². The second-order valence-electron chi connectivity index (χ2n) is 6.02. The number of carbonyl (C=O) groups is 2. The first-order valence-corrected chi connectivity index (χ1v) is 9.89. The maximum absolute atomic E-state index is 12.4. The minimum atomic E-state index is -0.565. The summed E-state index contributed by atoms with van der Waals surface area (Å²) in [7, 11) is 0. The minimum absolute atomic E-state index is 0.0217. The molecule has 1 aliphatic rings. The van der Waals surface area contributed by atoms with Crippen LogP contribution in [0, 0.1) is 0 Å². The van der Waals surface area contributed by atoms with Crippen LogP contribution in [-0.2, 0) is 0 Å². The van der Waals surface area contributed by atoms with Gasteiger partial charge in [0.25, 0.3) is 0 Å². The predicted molar refractivity (Wildman–Crippen MR) is 112 cm³/mol. The molecule has 28 heavy (non-hydrogen) atoms. The number of allylic oxidation sites excluding steroid dienone is 1. The zero-order chi connectivity index (χ0) is 19.7. The number of ether oxygens (including phenoxy) is 1. The highest BCUT2D eigenvalue weighted by molar-refractivity contribution is 8.04. The van der Waals surface area contributed by atoms with E-state index in [2.05, 4.69) is 0 Å². The van der Waals surface area contributed by atoms with Crippen LogP contribution in [0.4, 0.5) is 0 Å². The van der Waals surface area contributed by atoms with Crippen LogP contribution in [0.25, 0.3) is 6.08 Å². The van der Waals surface area contributed by atoms with Crippen molar-refractivity contribution in [2.45, 2.75) is 4.90 Å². The van der Waals surface area contributed by atoms with Gasteiger partial charge in [-0.25, -0.2) is 4.79 Å². The summed E-state index contributed by atoms with van der Waals surface area (Å²) < 4.78 is 5.36. The molecule has 1 aliphatic heterocycles. The van der Waals surface area contributed by atoms with Gasteiger partial charge in [0.2, 0.25) is 5.78 Å². The molecule has 0 bridgehead atoms. The molecule has 0 aromatic heterocycles. The van der Waals surface area contributed by atoms with Gasteiger partial charge in [0.05, 0.1) is 15.5 Å². The van der Waals surface area contributed by atoms with Gasteiger partial charge in [0, 0.05) is 15.5 Å². The number of thioether (sulfide) groups is 1. The van der Waals surface area contributed by atoms with E-state index in [-0.39, 0.29) is 16.4 Å². The summed E-state index contributed by atoms with van der Waals surface area (Å²) in [5.74, 6) is -0.162. The van der Waals surface area contributed by atoms with Gasteiger partial charge in [-0.05, 0) is 54.1 Å². The molecule has 0 amide bonds. The molecule has 0 atom stereocenters. The molecule has 0 aliphatic carbocycles. The first kappa shape index (κ1) is 18.8. The standard InChI is InChI=1S/C22H12Cl2O3S/c23-14-7-10-16(18(24)12-14)22(26)27-15-8-5-13(6-9-15)11-20-21(25)17-3-1-2-4-19(17)28-20/h1-12H/b20-11-. The Balaban J connectivity index is 1.49. The third-order valence-electron chi connectivity index (χ3n) is 4.11. The molecule has 0 unspecified atom stereocenters. The van der Waals surface area contributed by atoms with E-state index >= 15 is 0 Å². The molecular weight excluding hydrogens is 415 g/mol. The Hall–Kier alpha value is -2.53. The summed E-state index contributed by atoms with van der Waals surface area (Å²) in [6.07, 6.45) is 1.83. The zero-order valence-electron chi connectivity index (χ0n) is 14.3. The van der Waals surface area contributed by atoms with Crippen LogP contribution in [0.3, 0.4) is 0 Å². The Kier molecular flexibility index (Phi) is 5.27. The fourth-order valence-corrected chi connectivity index (χ4v) is 4.27. The normalized spacial score (nSPS) is 14.2. The molecule has 3 aromatic rings. The number of rotatable bonds is 3. The fraction of sp³-hybridized carbons (Fsp3) is 0. The Morgan fingerprint density at radius 2 is 1.71 bits per heavy atom. The third kappa shape index (κ3) is 3.85. The van der Waals surface area contributed by atoms with Crippen LogP contribution >= 0.6 is 35.0 Å². The van der Waals surface area contributed by atoms with Gasteiger partial charge in [0.15, 0.2) is 0 Å². The van der Waals surface area contributed by atoms with E-state index in [9.17, 15) is 9.59 Å². The monoisotopic (exact) mass is 426 g/mol. The van der Waals surface area contributed by atoms with Crippen LogP contribution in [0.1, 0.15) is 26.3 Å².